The highest BCUT2D eigenvalue weighted by Crippen LogP contribution is 2.45. The van der Waals surface area contributed by atoms with Gasteiger partial charge in [0.2, 0.25) is 0 Å². The number of nitrogens with zero attached hydrogens (tertiary/aromatic N) is 2. The van der Waals surface area contributed by atoms with Gasteiger partial charge in [-0.25, -0.2) is 0 Å². The molecule has 2 heterocycles. The second-order valence-corrected chi connectivity index (χ2v) is 12.0. The lowest BCUT2D eigenvalue weighted by Gasteiger charge is -2.17. The van der Waals surface area contributed by atoms with Gasteiger partial charge >= 0.3 is 0 Å². The van der Waals surface area contributed by atoms with E-state index < -0.39 is 0 Å². The van der Waals surface area contributed by atoms with Gasteiger partial charge in [0.1, 0.15) is 0 Å². The van der Waals surface area contributed by atoms with Crippen molar-refractivity contribution in [3.05, 3.63) is 144 Å². The van der Waals surface area contributed by atoms with Gasteiger partial charge in [0.25, 0.3) is 0 Å². The molecule has 1 aliphatic carbocycles. The summed E-state index contributed by atoms with van der Waals surface area (Å²) in [7, 11) is 0. The SMILES string of the molecule is CC(C)c1cc(-n2c3ccccc3c3ccccc32)cc2c1Cc1ccc(-n3c4ccccc4c4ccccc43)cc1-2. The summed E-state index contributed by atoms with van der Waals surface area (Å²) in [6.45, 7) is 4.66. The summed E-state index contributed by atoms with van der Waals surface area (Å²) < 4.78 is 4.90. The van der Waals surface area contributed by atoms with Crippen molar-refractivity contribution in [1.29, 1.82) is 0 Å². The maximum absolute atomic E-state index is 2.46. The normalized spacial score (nSPS) is 12.6. The van der Waals surface area contributed by atoms with Crippen molar-refractivity contribution < 1.29 is 0 Å². The molecule has 0 aliphatic heterocycles. The van der Waals surface area contributed by atoms with Gasteiger partial charge in [-0.3, -0.25) is 0 Å². The number of aromatic nitrogens is 2. The Labute approximate surface area is 245 Å². The van der Waals surface area contributed by atoms with Crippen LogP contribution in [0.25, 0.3) is 66.1 Å². The maximum Gasteiger partial charge on any atom is 0.0541 e. The molecule has 6 aromatic carbocycles. The summed E-state index contributed by atoms with van der Waals surface area (Å²) in [6.07, 6.45) is 0.985. The molecule has 0 fully saturated rings. The summed E-state index contributed by atoms with van der Waals surface area (Å²) in [4.78, 5) is 0. The third kappa shape index (κ3) is 3.21. The monoisotopic (exact) mass is 538 g/mol. The number of para-hydroxylation sites is 4. The Morgan fingerprint density at radius 2 is 0.929 bits per heavy atom. The van der Waals surface area contributed by atoms with Gasteiger partial charge in [0.05, 0.1) is 22.1 Å². The second-order valence-electron chi connectivity index (χ2n) is 12.0. The number of rotatable bonds is 3. The molecule has 0 amide bonds. The molecule has 0 atom stereocenters. The molecule has 0 bridgehead atoms. The molecule has 0 spiro atoms. The second kappa shape index (κ2) is 8.71. The quantitative estimate of drug-likeness (QED) is 0.212. The van der Waals surface area contributed by atoms with Crippen LogP contribution in [-0.2, 0) is 6.42 Å². The van der Waals surface area contributed by atoms with Crippen molar-refractivity contribution in [3.8, 4) is 22.5 Å². The minimum absolute atomic E-state index is 0.429. The predicted octanol–water partition coefficient (Wildman–Crippen LogP) is 10.6. The molecule has 0 N–H and O–H groups in total. The summed E-state index contributed by atoms with van der Waals surface area (Å²) in [5, 5.41) is 5.19. The predicted molar refractivity (Wildman–Crippen MR) is 177 cm³/mol. The van der Waals surface area contributed by atoms with Crippen molar-refractivity contribution in [1.82, 2.24) is 9.13 Å². The number of benzene rings is 6. The first-order valence-corrected chi connectivity index (χ1v) is 14.9. The van der Waals surface area contributed by atoms with Crippen molar-refractivity contribution in [3.63, 3.8) is 0 Å². The Hall–Kier alpha value is -5.08. The van der Waals surface area contributed by atoms with Gasteiger partial charge < -0.3 is 9.13 Å². The lowest BCUT2D eigenvalue weighted by Crippen LogP contribution is -2.01. The third-order valence-electron chi connectivity index (χ3n) is 9.32. The van der Waals surface area contributed by atoms with E-state index in [0.717, 1.165) is 6.42 Å². The molecule has 42 heavy (non-hydrogen) atoms. The molecule has 8 aromatic rings. The molecule has 0 radical (unpaired) electrons. The Bertz CT molecular complexity index is 2260. The van der Waals surface area contributed by atoms with E-state index in [4.69, 9.17) is 0 Å². The standard InChI is InChI=1S/C40H30N2/c1-25(2)33-23-28(42-39-17-9-5-13-31(39)32-14-6-10-18-40(32)42)24-36-34-22-27(20-19-26(34)21-35(33)36)41-37-15-7-3-11-29(37)30-12-4-8-16-38(30)41/h3-20,22-25H,21H2,1-2H3. The first-order valence-electron chi connectivity index (χ1n) is 14.9. The highest BCUT2D eigenvalue weighted by Gasteiger charge is 2.26. The van der Waals surface area contributed by atoms with Crippen LogP contribution in [0, 0.1) is 0 Å². The Balaban J connectivity index is 1.31. The van der Waals surface area contributed by atoms with Crippen LogP contribution < -0.4 is 0 Å². The molecule has 0 saturated carbocycles. The Morgan fingerprint density at radius 1 is 0.476 bits per heavy atom. The highest BCUT2D eigenvalue weighted by molar-refractivity contribution is 6.10. The first-order chi connectivity index (χ1) is 20.7. The van der Waals surface area contributed by atoms with Crippen molar-refractivity contribution in [2.45, 2.75) is 26.2 Å². The van der Waals surface area contributed by atoms with E-state index in [2.05, 4.69) is 150 Å². The van der Waals surface area contributed by atoms with Gasteiger partial charge in [-0.2, -0.15) is 0 Å². The van der Waals surface area contributed by atoms with Gasteiger partial charge in [0.15, 0.2) is 0 Å². The van der Waals surface area contributed by atoms with Crippen LogP contribution >= 0.6 is 0 Å². The fourth-order valence-corrected chi connectivity index (χ4v) is 7.46. The lowest BCUT2D eigenvalue weighted by atomic mass is 9.92. The fourth-order valence-electron chi connectivity index (χ4n) is 7.46. The molecule has 0 saturated heterocycles. The largest absolute Gasteiger partial charge is 0.309 e. The van der Waals surface area contributed by atoms with Crippen molar-refractivity contribution >= 4 is 43.6 Å². The minimum atomic E-state index is 0.429. The Kier molecular flexibility index (Phi) is 4.90. The van der Waals surface area contributed by atoms with Crippen LogP contribution in [-0.4, -0.2) is 9.13 Å². The zero-order valence-corrected chi connectivity index (χ0v) is 23.8. The minimum Gasteiger partial charge on any atom is -0.309 e. The molecule has 0 unspecified atom stereocenters. The van der Waals surface area contributed by atoms with E-state index in [0.29, 0.717) is 5.92 Å². The zero-order chi connectivity index (χ0) is 27.9. The van der Waals surface area contributed by atoms with Crippen LogP contribution in [0.15, 0.2) is 127 Å². The number of fused-ring (bicyclic) bond motifs is 9. The van der Waals surface area contributed by atoms with E-state index in [1.807, 2.05) is 0 Å². The van der Waals surface area contributed by atoms with Crippen LogP contribution in [0.4, 0.5) is 0 Å². The first kappa shape index (κ1) is 23.6. The van der Waals surface area contributed by atoms with E-state index in [9.17, 15) is 0 Å². The third-order valence-corrected chi connectivity index (χ3v) is 9.32. The molecule has 2 heteroatoms. The van der Waals surface area contributed by atoms with Crippen LogP contribution in [0.3, 0.4) is 0 Å². The number of hydrogen-bond donors (Lipinski definition) is 0. The summed E-state index contributed by atoms with van der Waals surface area (Å²) in [6, 6.07) is 47.1. The molecule has 2 nitrogen and oxygen atoms in total. The van der Waals surface area contributed by atoms with Gasteiger partial charge in [-0.05, 0) is 88.7 Å². The van der Waals surface area contributed by atoms with E-state index >= 15 is 0 Å². The molecule has 200 valence electrons. The summed E-state index contributed by atoms with van der Waals surface area (Å²) in [5.41, 5.74) is 14.5. The highest BCUT2D eigenvalue weighted by atomic mass is 15.0. The molecule has 9 rings (SSSR count). The van der Waals surface area contributed by atoms with Crippen LogP contribution in [0.5, 0.6) is 0 Å². The fraction of sp³-hybridized carbons (Fsp3) is 0.100. The smallest absolute Gasteiger partial charge is 0.0541 e. The van der Waals surface area contributed by atoms with E-state index in [1.165, 1.54) is 82.8 Å². The Morgan fingerprint density at radius 3 is 1.43 bits per heavy atom. The lowest BCUT2D eigenvalue weighted by molar-refractivity contribution is 0.850. The van der Waals surface area contributed by atoms with E-state index in [1.54, 1.807) is 0 Å². The topological polar surface area (TPSA) is 9.86 Å². The average Bonchev–Trinajstić information content (AvgIpc) is 3.68. The van der Waals surface area contributed by atoms with Crippen molar-refractivity contribution in [2.75, 3.05) is 0 Å². The molecule has 1 aliphatic rings. The molecule has 2 aromatic heterocycles. The average molecular weight is 539 g/mol. The van der Waals surface area contributed by atoms with Gasteiger partial charge in [0, 0.05) is 32.9 Å². The summed E-state index contributed by atoms with van der Waals surface area (Å²) in [5.74, 6) is 0.429. The number of hydrogen-bond acceptors (Lipinski definition) is 0. The summed E-state index contributed by atoms with van der Waals surface area (Å²) >= 11 is 0. The molecular weight excluding hydrogens is 508 g/mol. The van der Waals surface area contributed by atoms with Crippen LogP contribution in [0.2, 0.25) is 0 Å². The van der Waals surface area contributed by atoms with Crippen molar-refractivity contribution in [2.24, 2.45) is 0 Å². The maximum atomic E-state index is 2.46. The molecular formula is C40H30N2. The van der Waals surface area contributed by atoms with Gasteiger partial charge in [-0.15, -0.1) is 0 Å². The zero-order valence-electron chi connectivity index (χ0n) is 23.8. The van der Waals surface area contributed by atoms with E-state index in [-0.39, 0.29) is 0 Å². The van der Waals surface area contributed by atoms with Crippen LogP contribution in [0.1, 0.15) is 36.5 Å². The van der Waals surface area contributed by atoms with Gasteiger partial charge in [-0.1, -0.05) is 92.7 Å².